The first kappa shape index (κ1) is 46.4. The number of anilines is 1. The monoisotopic (exact) mass is 884 g/mol. The van der Waals surface area contributed by atoms with Crippen LogP contribution < -0.4 is 31.9 Å². The van der Waals surface area contributed by atoms with Gasteiger partial charge < -0.3 is 37.0 Å². The zero-order valence-electron chi connectivity index (χ0n) is 35.5. The molecule has 6 amide bonds. The number of hydrogen-bond donors (Lipinski definition) is 7. The summed E-state index contributed by atoms with van der Waals surface area (Å²) in [4.78, 5) is 96.7. The van der Waals surface area contributed by atoms with E-state index in [-0.39, 0.29) is 38.5 Å². The van der Waals surface area contributed by atoms with Crippen molar-refractivity contribution in [3.8, 4) is 11.1 Å². The van der Waals surface area contributed by atoms with Crippen LogP contribution in [0.2, 0.25) is 0 Å². The largest absolute Gasteiger partial charge is 0.480 e. The van der Waals surface area contributed by atoms with Crippen molar-refractivity contribution in [1.29, 1.82) is 0 Å². The van der Waals surface area contributed by atoms with Crippen molar-refractivity contribution in [1.82, 2.24) is 26.6 Å². The van der Waals surface area contributed by atoms with Crippen LogP contribution in [-0.4, -0.2) is 76.7 Å². The summed E-state index contributed by atoms with van der Waals surface area (Å²) >= 11 is 1.40. The first-order valence-electron chi connectivity index (χ1n) is 21.1. The third-order valence-corrected chi connectivity index (χ3v) is 11.7. The Morgan fingerprint density at radius 3 is 1.75 bits per heavy atom. The van der Waals surface area contributed by atoms with Crippen molar-refractivity contribution in [3.05, 3.63) is 148 Å². The van der Waals surface area contributed by atoms with E-state index in [1.165, 1.54) is 11.3 Å². The molecule has 7 N–H and O–H groups in total. The Balaban J connectivity index is 1.37. The van der Waals surface area contributed by atoms with E-state index in [9.17, 15) is 38.7 Å². The molecule has 0 radical (unpaired) electrons. The summed E-state index contributed by atoms with van der Waals surface area (Å²) in [6, 6.07) is 30.1. The predicted octanol–water partition coefficient (Wildman–Crippen LogP) is 4.58. The maximum Gasteiger partial charge on any atom is 0.326 e. The lowest BCUT2D eigenvalue weighted by molar-refractivity contribution is -0.143. The fourth-order valence-electron chi connectivity index (χ4n) is 7.28. The van der Waals surface area contributed by atoms with Gasteiger partial charge in [-0.05, 0) is 57.3 Å². The zero-order chi connectivity index (χ0) is 45.6. The number of nitrogens with one attached hydrogen (secondary N) is 6. The van der Waals surface area contributed by atoms with E-state index < -0.39 is 77.5 Å². The highest BCUT2D eigenvalue weighted by molar-refractivity contribution is 7.09. The highest BCUT2D eigenvalue weighted by atomic mass is 32.1. The molecule has 5 aromatic rings. The maximum atomic E-state index is 14.6. The number of benzene rings is 4. The lowest BCUT2D eigenvalue weighted by Gasteiger charge is -2.27. The first-order chi connectivity index (χ1) is 30.8. The van der Waals surface area contributed by atoms with Gasteiger partial charge in [-0.15, -0.1) is 11.3 Å². The van der Waals surface area contributed by atoms with Crippen molar-refractivity contribution in [2.75, 3.05) is 5.32 Å². The molecular weight excluding hydrogens is 833 g/mol. The molecule has 1 aromatic heterocycles. The van der Waals surface area contributed by atoms with Crippen molar-refractivity contribution in [2.45, 2.75) is 82.6 Å². The van der Waals surface area contributed by atoms with Gasteiger partial charge in [0.1, 0.15) is 30.2 Å². The molecule has 0 aliphatic carbocycles. The summed E-state index contributed by atoms with van der Waals surface area (Å²) in [5.41, 5.74) is 4.30. The van der Waals surface area contributed by atoms with Crippen LogP contribution in [0.3, 0.4) is 0 Å². The molecule has 3 heterocycles. The SMILES string of the molecule is CC(C)[C@H](NC(=O)[C@@H]1Cc2ccc(cc2)NC(=O)CCC(=O)NC(Cc2cccs2)C(=O)N[C@@H](Cc2ccc(-c3ccccc3)cc2)C(=O)N[C@H](Cc2ccccc2)C(=O)N1)C(=O)O. The highest BCUT2D eigenvalue weighted by Crippen LogP contribution is 2.21. The summed E-state index contributed by atoms with van der Waals surface area (Å²) < 4.78 is 0. The van der Waals surface area contributed by atoms with Crippen LogP contribution >= 0.6 is 11.3 Å². The van der Waals surface area contributed by atoms with E-state index in [0.717, 1.165) is 16.0 Å². The number of carbonyl (C=O) groups excluding carboxylic acids is 6. The van der Waals surface area contributed by atoms with Crippen LogP contribution in [0.4, 0.5) is 5.69 Å². The highest BCUT2D eigenvalue weighted by Gasteiger charge is 2.34. The molecule has 7 rings (SSSR count). The van der Waals surface area contributed by atoms with Gasteiger partial charge in [0.25, 0.3) is 0 Å². The van der Waals surface area contributed by atoms with Gasteiger partial charge in [-0.25, -0.2) is 4.79 Å². The number of carboxylic acids is 1. The zero-order valence-corrected chi connectivity index (χ0v) is 36.4. The van der Waals surface area contributed by atoms with Gasteiger partial charge >= 0.3 is 5.97 Å². The lowest BCUT2D eigenvalue weighted by Crippen LogP contribution is -2.60. The minimum Gasteiger partial charge on any atom is -0.480 e. The van der Waals surface area contributed by atoms with Crippen LogP contribution in [0.5, 0.6) is 0 Å². The van der Waals surface area contributed by atoms with E-state index in [4.69, 9.17) is 0 Å². The average molecular weight is 885 g/mol. The van der Waals surface area contributed by atoms with E-state index >= 15 is 0 Å². The molecule has 15 heteroatoms. The number of carbonyl (C=O) groups is 7. The predicted molar refractivity (Wildman–Crippen MR) is 244 cm³/mol. The van der Waals surface area contributed by atoms with Gasteiger partial charge in [0.2, 0.25) is 35.4 Å². The number of thiophene rings is 1. The molecule has 0 fully saturated rings. The van der Waals surface area contributed by atoms with Crippen molar-refractivity contribution >= 4 is 58.4 Å². The second-order valence-corrected chi connectivity index (χ2v) is 17.1. The van der Waals surface area contributed by atoms with Gasteiger partial charge in [-0.1, -0.05) is 117 Å². The molecule has 0 saturated carbocycles. The summed E-state index contributed by atoms with van der Waals surface area (Å²) in [6.45, 7) is 3.30. The molecule has 2 aliphatic rings. The van der Waals surface area contributed by atoms with Crippen molar-refractivity contribution < 1.29 is 38.7 Å². The number of rotatable bonds is 11. The number of fused-ring (bicyclic) bond motifs is 18. The molecule has 4 aromatic carbocycles. The Morgan fingerprint density at radius 2 is 1.17 bits per heavy atom. The van der Waals surface area contributed by atoms with E-state index in [1.807, 2.05) is 78.2 Å². The van der Waals surface area contributed by atoms with Crippen LogP contribution in [0.25, 0.3) is 11.1 Å². The van der Waals surface area contributed by atoms with Crippen LogP contribution in [0, 0.1) is 5.92 Å². The topological polar surface area (TPSA) is 212 Å². The summed E-state index contributed by atoms with van der Waals surface area (Å²) in [6.07, 6.45) is -0.396. The smallest absolute Gasteiger partial charge is 0.326 e. The van der Waals surface area contributed by atoms with E-state index in [1.54, 1.807) is 62.4 Å². The first-order valence-corrected chi connectivity index (χ1v) is 22.0. The third kappa shape index (κ3) is 13.4. The van der Waals surface area contributed by atoms with Gasteiger partial charge in [0, 0.05) is 49.1 Å². The van der Waals surface area contributed by atoms with E-state index in [0.29, 0.717) is 22.4 Å². The van der Waals surface area contributed by atoms with Crippen molar-refractivity contribution in [2.24, 2.45) is 5.92 Å². The number of aliphatic carboxylic acids is 1. The van der Waals surface area contributed by atoms with Gasteiger partial charge in [0.15, 0.2) is 0 Å². The number of carboxylic acid groups (broad SMARTS) is 1. The van der Waals surface area contributed by atoms with Crippen LogP contribution in [0.1, 0.15) is 48.3 Å². The average Bonchev–Trinajstić information content (AvgIpc) is 3.80. The molecule has 0 saturated heterocycles. The second-order valence-electron chi connectivity index (χ2n) is 16.1. The van der Waals surface area contributed by atoms with Crippen molar-refractivity contribution in [3.63, 3.8) is 0 Å². The fraction of sp³-hybridized carbons (Fsp3) is 0.286. The Hall–Kier alpha value is -7.13. The van der Waals surface area contributed by atoms with E-state index in [2.05, 4.69) is 31.9 Å². The minimum absolute atomic E-state index is 0.00120. The molecule has 0 spiro atoms. The molecule has 2 bridgehead atoms. The molecule has 1 unspecified atom stereocenters. The van der Waals surface area contributed by atoms with Crippen LogP contribution in [-0.2, 0) is 59.2 Å². The van der Waals surface area contributed by atoms with Crippen LogP contribution in [0.15, 0.2) is 127 Å². The molecular formula is C49H52N6O8S. The minimum atomic E-state index is -1.30. The standard InChI is InChI=1S/C49H52N6O8S/c1-30(2)44(49(62)63)55-48(61)40-28-33-17-21-36(22-18-33)50-42(56)23-24-43(57)51-41(29-37-14-9-25-64-37)47(60)53-39(27-32-15-19-35(20-16-32)34-12-7-4-8-13-34)46(59)52-38(45(58)54-40)26-31-10-5-3-6-11-31/h3-22,25,30,38-41,44H,23-24,26-29H2,1-2H3,(H,50,56)(H,51,57)(H,52,59)(H,53,60)(H,54,58)(H,55,61)(H,62,63)/t38-,39+,40+,41?,44+/m1/s1. The maximum absolute atomic E-state index is 14.6. The lowest BCUT2D eigenvalue weighted by atomic mass is 9.98. The molecule has 14 nitrogen and oxygen atoms in total. The Morgan fingerprint density at radius 1 is 0.625 bits per heavy atom. The van der Waals surface area contributed by atoms with Gasteiger partial charge in [-0.2, -0.15) is 0 Å². The quantitative estimate of drug-likeness (QED) is 0.0932. The Labute approximate surface area is 375 Å². The number of amides is 6. The normalized spacial score (nSPS) is 19.5. The third-order valence-electron chi connectivity index (χ3n) is 10.8. The second kappa shape index (κ2) is 22.3. The molecule has 64 heavy (non-hydrogen) atoms. The summed E-state index contributed by atoms with van der Waals surface area (Å²) in [5, 5.41) is 28.3. The Bertz CT molecular complexity index is 2390. The fourth-order valence-corrected chi connectivity index (χ4v) is 8.03. The Kier molecular flexibility index (Phi) is 16.2. The summed E-state index contributed by atoms with van der Waals surface area (Å²) in [5.74, 6) is -5.58. The molecule has 5 atom stereocenters. The number of hydrogen-bond acceptors (Lipinski definition) is 8. The van der Waals surface area contributed by atoms with Gasteiger partial charge in [0.05, 0.1) is 0 Å². The molecule has 332 valence electrons. The van der Waals surface area contributed by atoms with Gasteiger partial charge in [-0.3, -0.25) is 28.8 Å². The molecule has 2 aliphatic heterocycles. The summed E-state index contributed by atoms with van der Waals surface area (Å²) in [7, 11) is 0.